The van der Waals surface area contributed by atoms with Crippen molar-refractivity contribution >= 4 is 22.9 Å². The number of aryl methyl sites for hydroxylation is 1. The van der Waals surface area contributed by atoms with Crippen LogP contribution in [0.25, 0.3) is 17.0 Å². The Hall–Kier alpha value is -2.96. The number of alkyl halides is 1. The van der Waals surface area contributed by atoms with E-state index >= 15 is 0 Å². The number of aromatic amines is 1. The molecule has 1 aliphatic heterocycles. The third kappa shape index (κ3) is 4.45. The second kappa shape index (κ2) is 8.81. The van der Waals surface area contributed by atoms with Crippen LogP contribution < -0.4 is 5.48 Å². The largest absolute Gasteiger partial charge is 0.358 e. The normalized spacial score (nSPS) is 19.7. The number of halogens is 1. The van der Waals surface area contributed by atoms with Gasteiger partial charge in [0.25, 0.3) is 5.91 Å². The Balaban J connectivity index is 1.47. The van der Waals surface area contributed by atoms with E-state index in [0.29, 0.717) is 19.5 Å². The van der Waals surface area contributed by atoms with Crippen LogP contribution in [-0.2, 0) is 17.8 Å². The van der Waals surface area contributed by atoms with Gasteiger partial charge < -0.3 is 4.98 Å². The van der Waals surface area contributed by atoms with Gasteiger partial charge in [0.15, 0.2) is 0 Å². The Kier molecular flexibility index (Phi) is 5.97. The maximum atomic E-state index is 14.3. The van der Waals surface area contributed by atoms with Crippen LogP contribution in [0.3, 0.4) is 0 Å². The minimum atomic E-state index is -0.806. The number of aromatic nitrogens is 1. The number of para-hydroxylation sites is 1. The second-order valence-corrected chi connectivity index (χ2v) is 7.95. The summed E-state index contributed by atoms with van der Waals surface area (Å²) in [5.74, 6) is -0.569. The highest BCUT2D eigenvalue weighted by atomic mass is 19.1. The smallest absolute Gasteiger partial charge is 0.267 e. The molecule has 1 aromatic heterocycles. The predicted molar refractivity (Wildman–Crippen MR) is 116 cm³/mol. The van der Waals surface area contributed by atoms with Gasteiger partial charge in [0.2, 0.25) is 0 Å². The molecule has 30 heavy (non-hydrogen) atoms. The summed E-state index contributed by atoms with van der Waals surface area (Å²) in [6.45, 7) is 3.23. The van der Waals surface area contributed by atoms with Crippen molar-refractivity contribution in [1.29, 1.82) is 0 Å². The van der Waals surface area contributed by atoms with E-state index in [2.05, 4.69) is 28.9 Å². The average Bonchev–Trinajstić information content (AvgIpc) is 3.26. The maximum absolute atomic E-state index is 14.3. The molecule has 2 aromatic carbocycles. The Morgan fingerprint density at radius 2 is 2.03 bits per heavy atom. The fraction of sp³-hybridized carbons (Fsp3) is 0.292. The van der Waals surface area contributed by atoms with Gasteiger partial charge in [-0.2, -0.15) is 0 Å². The van der Waals surface area contributed by atoms with Gasteiger partial charge in [-0.05, 0) is 48.6 Å². The molecule has 156 valence electrons. The molecule has 2 heterocycles. The Morgan fingerprint density at radius 3 is 2.80 bits per heavy atom. The Morgan fingerprint density at radius 1 is 1.27 bits per heavy atom. The lowest BCUT2D eigenvalue weighted by atomic mass is 10.0. The Bertz CT molecular complexity index is 1060. The highest BCUT2D eigenvalue weighted by Gasteiger charge is 2.32. The summed E-state index contributed by atoms with van der Waals surface area (Å²) in [5.41, 5.74) is 7.09. The summed E-state index contributed by atoms with van der Waals surface area (Å²) in [6, 6.07) is 16.3. The topological polar surface area (TPSA) is 68.4 Å². The number of carbonyl (C=O) groups excluding carboxylic acids is 1. The molecule has 1 fully saturated rings. The molecule has 0 saturated carbocycles. The molecule has 1 unspecified atom stereocenters. The van der Waals surface area contributed by atoms with Gasteiger partial charge in [0.1, 0.15) is 6.17 Å². The lowest BCUT2D eigenvalue weighted by molar-refractivity contribution is -0.124. The van der Waals surface area contributed by atoms with Gasteiger partial charge in [-0.1, -0.05) is 42.5 Å². The van der Waals surface area contributed by atoms with Crippen molar-refractivity contribution in [1.82, 2.24) is 15.4 Å². The highest BCUT2D eigenvalue weighted by Crippen LogP contribution is 2.30. The van der Waals surface area contributed by atoms with Crippen molar-refractivity contribution in [2.45, 2.75) is 38.5 Å². The molecule has 0 aliphatic carbocycles. The summed E-state index contributed by atoms with van der Waals surface area (Å²) >= 11 is 0. The van der Waals surface area contributed by atoms with Crippen molar-refractivity contribution in [2.75, 3.05) is 6.54 Å². The number of likely N-dealkylation sites (tertiary alicyclic amines) is 1. The molecule has 1 saturated heterocycles. The first kappa shape index (κ1) is 20.3. The fourth-order valence-electron chi connectivity index (χ4n) is 4.34. The fourth-order valence-corrected chi connectivity index (χ4v) is 4.34. The molecule has 2 atom stereocenters. The van der Waals surface area contributed by atoms with E-state index in [1.54, 1.807) is 11.6 Å². The van der Waals surface area contributed by atoms with E-state index in [0.717, 1.165) is 28.8 Å². The lowest BCUT2D eigenvalue weighted by Gasteiger charge is -2.24. The number of nitrogens with zero attached hydrogens (tertiary/aromatic N) is 1. The molecule has 1 aliphatic rings. The number of rotatable bonds is 6. The predicted octanol–water partition coefficient (Wildman–Crippen LogP) is 4.15. The number of hydrogen-bond donors (Lipinski definition) is 3. The zero-order valence-corrected chi connectivity index (χ0v) is 16.9. The highest BCUT2D eigenvalue weighted by molar-refractivity contribution is 5.90. The Labute approximate surface area is 175 Å². The van der Waals surface area contributed by atoms with Gasteiger partial charge in [0, 0.05) is 41.8 Å². The van der Waals surface area contributed by atoms with E-state index in [1.807, 2.05) is 36.4 Å². The minimum Gasteiger partial charge on any atom is -0.358 e. The molecular weight excluding hydrogens is 381 g/mol. The van der Waals surface area contributed by atoms with Gasteiger partial charge in [-0.3, -0.25) is 14.9 Å². The SMILES string of the molecule is Cc1[nH]c2ccccc2c1CC1C[C@H](F)CN1Cc1ccc(C=CC(=O)NO)cc1. The van der Waals surface area contributed by atoms with E-state index in [-0.39, 0.29) is 6.04 Å². The molecule has 5 nitrogen and oxygen atoms in total. The minimum absolute atomic E-state index is 0.158. The van der Waals surface area contributed by atoms with Crippen molar-refractivity contribution in [3.63, 3.8) is 0 Å². The van der Waals surface area contributed by atoms with Crippen LogP contribution in [0.15, 0.2) is 54.6 Å². The van der Waals surface area contributed by atoms with E-state index < -0.39 is 12.1 Å². The molecule has 0 bridgehead atoms. The molecule has 0 spiro atoms. The number of H-pyrrole nitrogens is 1. The molecule has 3 aromatic rings. The summed E-state index contributed by atoms with van der Waals surface area (Å²) < 4.78 is 14.3. The summed E-state index contributed by atoms with van der Waals surface area (Å²) in [4.78, 5) is 16.8. The summed E-state index contributed by atoms with van der Waals surface area (Å²) in [5, 5.41) is 9.76. The molecule has 1 amide bonds. The lowest BCUT2D eigenvalue weighted by Crippen LogP contribution is -2.31. The first-order valence-corrected chi connectivity index (χ1v) is 10.2. The standard InChI is InChI=1S/C24H26FN3O2/c1-16-22(21-4-2-3-5-23(21)26-16)13-20-12-19(25)15-28(20)14-18-8-6-17(7-9-18)10-11-24(29)27-30/h2-11,19-20,26,30H,12-15H2,1H3,(H,27,29)/t19-,20?/m0/s1. The van der Waals surface area contributed by atoms with Gasteiger partial charge in [-0.25, -0.2) is 9.87 Å². The van der Waals surface area contributed by atoms with Crippen LogP contribution in [0, 0.1) is 6.92 Å². The van der Waals surface area contributed by atoms with Gasteiger partial charge >= 0.3 is 0 Å². The number of carbonyl (C=O) groups is 1. The van der Waals surface area contributed by atoms with Crippen molar-refractivity contribution in [3.05, 3.63) is 77.0 Å². The second-order valence-electron chi connectivity index (χ2n) is 7.95. The first-order chi connectivity index (χ1) is 14.5. The number of amides is 1. The molecule has 4 rings (SSSR count). The van der Waals surface area contributed by atoms with Crippen LogP contribution in [0.4, 0.5) is 4.39 Å². The third-order valence-corrected chi connectivity index (χ3v) is 5.85. The number of fused-ring (bicyclic) bond motifs is 1. The van der Waals surface area contributed by atoms with Crippen molar-refractivity contribution in [2.24, 2.45) is 0 Å². The number of nitrogens with one attached hydrogen (secondary N) is 2. The molecular formula is C24H26FN3O2. The van der Waals surface area contributed by atoms with E-state index in [1.165, 1.54) is 17.0 Å². The maximum Gasteiger partial charge on any atom is 0.267 e. The monoisotopic (exact) mass is 407 g/mol. The van der Waals surface area contributed by atoms with E-state index in [9.17, 15) is 9.18 Å². The van der Waals surface area contributed by atoms with Crippen LogP contribution in [0.5, 0.6) is 0 Å². The van der Waals surface area contributed by atoms with E-state index in [4.69, 9.17) is 5.21 Å². The zero-order chi connectivity index (χ0) is 21.1. The van der Waals surface area contributed by atoms with Gasteiger partial charge in [-0.15, -0.1) is 0 Å². The van der Waals surface area contributed by atoms with Crippen LogP contribution in [-0.4, -0.2) is 39.8 Å². The molecule has 6 heteroatoms. The molecule has 3 N–H and O–H groups in total. The number of hydrogen-bond acceptors (Lipinski definition) is 3. The van der Waals surface area contributed by atoms with Crippen LogP contribution >= 0.6 is 0 Å². The first-order valence-electron chi connectivity index (χ1n) is 10.2. The van der Waals surface area contributed by atoms with Crippen molar-refractivity contribution < 1.29 is 14.4 Å². The zero-order valence-electron chi connectivity index (χ0n) is 16.9. The number of benzene rings is 2. The summed E-state index contributed by atoms with van der Waals surface area (Å²) in [7, 11) is 0. The van der Waals surface area contributed by atoms with Crippen LogP contribution in [0.2, 0.25) is 0 Å². The quantitative estimate of drug-likeness (QED) is 0.327. The average molecular weight is 407 g/mol. The van der Waals surface area contributed by atoms with Crippen LogP contribution in [0.1, 0.15) is 28.8 Å². The number of hydroxylamine groups is 1. The van der Waals surface area contributed by atoms with Gasteiger partial charge in [0.05, 0.1) is 0 Å². The molecule has 0 radical (unpaired) electrons. The summed E-state index contributed by atoms with van der Waals surface area (Å²) in [6.07, 6.45) is 3.47. The van der Waals surface area contributed by atoms with Crippen molar-refractivity contribution in [3.8, 4) is 0 Å². The third-order valence-electron chi connectivity index (χ3n) is 5.85.